The molecule has 3 N–H and O–H groups in total. The van der Waals surface area contributed by atoms with Crippen molar-refractivity contribution < 1.29 is 18.6 Å². The Labute approximate surface area is 160 Å². The Balaban J connectivity index is 1.29. The van der Waals surface area contributed by atoms with Crippen LogP contribution in [-0.4, -0.2) is 44.0 Å². The first-order valence-electron chi connectivity index (χ1n) is 9.27. The number of nitrogens with one attached hydrogen (secondary N) is 2. The number of hydrogen-bond acceptors (Lipinski definition) is 6. The molecule has 9 heteroatoms. The second-order valence-electron chi connectivity index (χ2n) is 6.94. The number of aromatic hydroxyl groups is 1. The molecule has 4 rings (SSSR count). The van der Waals surface area contributed by atoms with Gasteiger partial charge in [-0.25, -0.2) is 8.78 Å². The van der Waals surface area contributed by atoms with E-state index in [1.807, 2.05) is 0 Å². The van der Waals surface area contributed by atoms with Crippen LogP contribution in [0.15, 0.2) is 30.5 Å². The fourth-order valence-corrected chi connectivity index (χ4v) is 3.54. The molecule has 1 unspecified atom stereocenters. The maximum absolute atomic E-state index is 14.2. The van der Waals surface area contributed by atoms with Gasteiger partial charge in [0, 0.05) is 11.6 Å². The largest absolute Gasteiger partial charge is 0.479 e. The Morgan fingerprint density at radius 2 is 2.00 bits per heavy atom. The maximum Gasteiger partial charge on any atom is 0.317 e. The van der Waals surface area contributed by atoms with Gasteiger partial charge >= 0.3 is 6.01 Å². The lowest BCUT2D eigenvalue weighted by atomic mass is 9.93. The average molecular weight is 389 g/mol. The van der Waals surface area contributed by atoms with Crippen LogP contribution in [-0.2, 0) is 4.74 Å². The Kier molecular flexibility index (Phi) is 5.34. The van der Waals surface area contributed by atoms with Gasteiger partial charge in [-0.2, -0.15) is 15.1 Å². The van der Waals surface area contributed by atoms with Crippen molar-refractivity contribution >= 4 is 16.9 Å². The number of anilines is 1. The highest BCUT2D eigenvalue weighted by Crippen LogP contribution is 2.28. The van der Waals surface area contributed by atoms with E-state index in [9.17, 15) is 13.9 Å². The molecule has 1 saturated carbocycles. The normalized spacial score (nSPS) is 20.9. The summed E-state index contributed by atoms with van der Waals surface area (Å²) in [5, 5.41) is 20.3. The summed E-state index contributed by atoms with van der Waals surface area (Å²) in [5.74, 6) is -0.0193. The van der Waals surface area contributed by atoms with E-state index < -0.39 is 12.0 Å². The van der Waals surface area contributed by atoms with E-state index in [4.69, 9.17) is 4.74 Å². The molecule has 0 bridgehead atoms. The Bertz CT molecular complexity index is 943. The van der Waals surface area contributed by atoms with Crippen LogP contribution in [0.3, 0.4) is 0 Å². The highest BCUT2D eigenvalue weighted by Gasteiger charge is 2.24. The summed E-state index contributed by atoms with van der Waals surface area (Å²) in [7, 11) is 0. The first-order valence-corrected chi connectivity index (χ1v) is 9.27. The number of aromatic amines is 1. The van der Waals surface area contributed by atoms with Gasteiger partial charge < -0.3 is 15.2 Å². The molecule has 0 aliphatic heterocycles. The number of nitrogens with zero attached hydrogens (tertiary/aromatic N) is 3. The van der Waals surface area contributed by atoms with Crippen molar-refractivity contribution in [3.8, 4) is 6.01 Å². The number of ether oxygens (including phenoxy) is 1. The summed E-state index contributed by atoms with van der Waals surface area (Å²) >= 11 is 0. The highest BCUT2D eigenvalue weighted by atomic mass is 19.1. The van der Waals surface area contributed by atoms with Gasteiger partial charge in [0.05, 0.1) is 24.3 Å². The van der Waals surface area contributed by atoms with Crippen LogP contribution in [0, 0.1) is 5.82 Å². The van der Waals surface area contributed by atoms with Crippen LogP contribution in [0.5, 0.6) is 6.01 Å². The lowest BCUT2D eigenvalue weighted by Gasteiger charge is -2.30. The number of hydrogen-bond donors (Lipinski definition) is 3. The van der Waals surface area contributed by atoms with Crippen molar-refractivity contribution in [3.05, 3.63) is 41.8 Å². The van der Waals surface area contributed by atoms with Gasteiger partial charge in [0.1, 0.15) is 11.6 Å². The maximum atomic E-state index is 14.2. The quantitative estimate of drug-likeness (QED) is 0.596. The third-order valence-electron chi connectivity index (χ3n) is 5.03. The summed E-state index contributed by atoms with van der Waals surface area (Å²) in [6.07, 6.45) is 3.21. The molecule has 0 saturated heterocycles. The smallest absolute Gasteiger partial charge is 0.317 e. The van der Waals surface area contributed by atoms with Crippen LogP contribution < -0.4 is 5.32 Å². The summed E-state index contributed by atoms with van der Waals surface area (Å²) in [4.78, 5) is 7.92. The molecule has 0 spiro atoms. The zero-order valence-corrected chi connectivity index (χ0v) is 15.1. The van der Waals surface area contributed by atoms with E-state index in [1.54, 1.807) is 12.3 Å². The van der Waals surface area contributed by atoms with E-state index in [2.05, 4.69) is 25.5 Å². The summed E-state index contributed by atoms with van der Waals surface area (Å²) in [6.45, 7) is -0.154. The standard InChI is InChI=1S/C19H21F2N5O2/c20-15-4-2-1-3-13(15)16(21)10-28-12-7-5-11(6-8-12)23-17-14-9-22-26-18(14)25-19(27)24-17/h1-4,9,11-12,16H,5-8,10H2,(H3,22,23,24,25,26,27)/t11-,12+,16?. The minimum atomic E-state index is -1.48. The molecule has 1 atom stereocenters. The minimum Gasteiger partial charge on any atom is -0.479 e. The SMILES string of the molecule is Oc1nc(N[C@H]2CC[C@@H](OCC(F)c3ccccc3F)CC2)c2cn[nH]c2n1. The predicted molar refractivity (Wildman–Crippen MR) is 99.2 cm³/mol. The third kappa shape index (κ3) is 4.04. The molecule has 148 valence electrons. The second-order valence-corrected chi connectivity index (χ2v) is 6.94. The fourth-order valence-electron chi connectivity index (χ4n) is 3.54. The van der Waals surface area contributed by atoms with Crippen molar-refractivity contribution in [1.29, 1.82) is 0 Å². The highest BCUT2D eigenvalue weighted by molar-refractivity contribution is 5.86. The Morgan fingerprint density at radius 3 is 2.79 bits per heavy atom. The molecule has 3 aromatic rings. The predicted octanol–water partition coefficient (Wildman–Crippen LogP) is 3.65. The van der Waals surface area contributed by atoms with Gasteiger partial charge in [-0.3, -0.25) is 5.10 Å². The molecule has 1 aliphatic carbocycles. The second kappa shape index (κ2) is 8.05. The van der Waals surface area contributed by atoms with Gasteiger partial charge in [-0.05, 0) is 31.7 Å². The first kappa shape index (κ1) is 18.5. The van der Waals surface area contributed by atoms with E-state index >= 15 is 0 Å². The van der Waals surface area contributed by atoms with Crippen molar-refractivity contribution in [3.63, 3.8) is 0 Å². The van der Waals surface area contributed by atoms with E-state index in [1.165, 1.54) is 18.2 Å². The summed E-state index contributed by atoms with van der Waals surface area (Å²) in [6, 6.07) is 5.68. The van der Waals surface area contributed by atoms with Crippen LogP contribution in [0.25, 0.3) is 11.0 Å². The lowest BCUT2D eigenvalue weighted by molar-refractivity contribution is -0.00314. The number of alkyl halides is 1. The topological polar surface area (TPSA) is 96.0 Å². The van der Waals surface area contributed by atoms with Gasteiger partial charge in [-0.15, -0.1) is 0 Å². The van der Waals surface area contributed by atoms with Gasteiger partial charge in [-0.1, -0.05) is 18.2 Å². The molecular formula is C19H21F2N5O2. The zero-order valence-electron chi connectivity index (χ0n) is 15.1. The van der Waals surface area contributed by atoms with E-state index in [-0.39, 0.29) is 30.3 Å². The van der Waals surface area contributed by atoms with Crippen molar-refractivity contribution in [2.45, 2.75) is 44.0 Å². The van der Waals surface area contributed by atoms with E-state index in [0.717, 1.165) is 25.7 Å². The molecule has 1 aliphatic rings. The summed E-state index contributed by atoms with van der Waals surface area (Å²) < 4.78 is 33.6. The molecule has 2 aromatic heterocycles. The molecule has 1 aromatic carbocycles. The molecule has 28 heavy (non-hydrogen) atoms. The third-order valence-corrected chi connectivity index (χ3v) is 5.03. The van der Waals surface area contributed by atoms with Crippen molar-refractivity contribution in [2.24, 2.45) is 0 Å². The number of halogens is 2. The minimum absolute atomic E-state index is 0.0329. The lowest BCUT2D eigenvalue weighted by Crippen LogP contribution is -2.30. The molecule has 1 fully saturated rings. The first-order chi connectivity index (χ1) is 13.6. The molecule has 0 amide bonds. The average Bonchev–Trinajstić information content (AvgIpc) is 3.16. The van der Waals surface area contributed by atoms with Crippen LogP contribution in [0.2, 0.25) is 0 Å². The van der Waals surface area contributed by atoms with Gasteiger partial charge in [0.2, 0.25) is 0 Å². The molecule has 7 nitrogen and oxygen atoms in total. The fraction of sp³-hybridized carbons (Fsp3) is 0.421. The molecule has 0 radical (unpaired) electrons. The number of benzene rings is 1. The molecule has 2 heterocycles. The monoisotopic (exact) mass is 389 g/mol. The molecular weight excluding hydrogens is 368 g/mol. The number of H-pyrrole nitrogens is 1. The number of aromatic nitrogens is 4. The Morgan fingerprint density at radius 1 is 1.21 bits per heavy atom. The number of rotatable bonds is 6. The number of fused-ring (bicyclic) bond motifs is 1. The Hall–Kier alpha value is -2.81. The summed E-state index contributed by atoms with van der Waals surface area (Å²) in [5.41, 5.74) is 0.500. The van der Waals surface area contributed by atoms with Gasteiger partial charge in [0.15, 0.2) is 11.8 Å². The van der Waals surface area contributed by atoms with Crippen molar-refractivity contribution in [1.82, 2.24) is 20.2 Å². The van der Waals surface area contributed by atoms with Crippen molar-refractivity contribution in [2.75, 3.05) is 11.9 Å². The van der Waals surface area contributed by atoms with E-state index in [0.29, 0.717) is 16.9 Å². The zero-order chi connectivity index (χ0) is 19.5. The van der Waals surface area contributed by atoms with Crippen LogP contribution in [0.1, 0.15) is 37.4 Å². The van der Waals surface area contributed by atoms with Gasteiger partial charge in [0.25, 0.3) is 0 Å². The van der Waals surface area contributed by atoms with Crippen LogP contribution >= 0.6 is 0 Å². The van der Waals surface area contributed by atoms with Crippen LogP contribution in [0.4, 0.5) is 14.6 Å².